The third-order valence-electron chi connectivity index (χ3n) is 5.23. The van der Waals surface area contributed by atoms with Crippen LogP contribution in [0.1, 0.15) is 97.8 Å². The first kappa shape index (κ1) is 26.0. The Morgan fingerprint density at radius 3 is 1.70 bits per heavy atom. The molecular formula is C22H41NO4. The largest absolute Gasteiger partial charge is 0.387 e. The number of allylic oxidation sites excluding steroid dienone is 1. The topological polar surface area (TPSA) is 101 Å². The summed E-state index contributed by atoms with van der Waals surface area (Å²) in [6, 6.07) is -1.36. The lowest BCUT2D eigenvalue weighted by Crippen LogP contribution is -2.62. The normalized spacial score (nSPS) is 14.4. The van der Waals surface area contributed by atoms with Gasteiger partial charge in [-0.2, -0.15) is 0 Å². The first-order chi connectivity index (χ1) is 12.8. The summed E-state index contributed by atoms with van der Waals surface area (Å²) in [5, 5.41) is 20.2. The molecule has 27 heavy (non-hydrogen) atoms. The van der Waals surface area contributed by atoms with E-state index in [9.17, 15) is 19.8 Å². The molecule has 158 valence electrons. The summed E-state index contributed by atoms with van der Waals surface area (Å²) < 4.78 is 0. The van der Waals surface area contributed by atoms with E-state index >= 15 is 0 Å². The van der Waals surface area contributed by atoms with Gasteiger partial charge < -0.3 is 15.9 Å². The van der Waals surface area contributed by atoms with Crippen LogP contribution < -0.4 is 5.73 Å². The second-order valence-electron chi connectivity index (χ2n) is 7.65. The van der Waals surface area contributed by atoms with Crippen LogP contribution in [0.5, 0.6) is 0 Å². The van der Waals surface area contributed by atoms with Crippen LogP contribution in [0.25, 0.3) is 0 Å². The van der Waals surface area contributed by atoms with Crippen LogP contribution in [-0.2, 0) is 9.59 Å². The molecule has 0 amide bonds. The molecule has 0 rings (SSSR count). The molecule has 0 heterocycles. The number of aliphatic hydroxyl groups is 2. The van der Waals surface area contributed by atoms with E-state index < -0.39 is 29.3 Å². The monoisotopic (exact) mass is 383 g/mol. The van der Waals surface area contributed by atoms with Crippen LogP contribution in [0.15, 0.2) is 12.2 Å². The fourth-order valence-electron chi connectivity index (χ4n) is 3.25. The highest BCUT2D eigenvalue weighted by Gasteiger charge is 2.46. The van der Waals surface area contributed by atoms with E-state index in [2.05, 4.69) is 6.92 Å². The average Bonchev–Trinajstić information content (AvgIpc) is 2.63. The van der Waals surface area contributed by atoms with E-state index in [1.807, 2.05) is 0 Å². The van der Waals surface area contributed by atoms with Crippen molar-refractivity contribution in [1.29, 1.82) is 0 Å². The Kier molecular flexibility index (Phi) is 14.4. The zero-order chi connectivity index (χ0) is 20.7. The third kappa shape index (κ3) is 10.2. The van der Waals surface area contributed by atoms with Crippen molar-refractivity contribution < 1.29 is 19.8 Å². The highest BCUT2D eigenvalue weighted by molar-refractivity contribution is 6.09. The zero-order valence-electron chi connectivity index (χ0n) is 17.6. The number of Topliss-reactive ketones (excluding diaryl/α,β-unsaturated/α-hetero) is 2. The fraction of sp³-hybridized carbons (Fsp3) is 0.818. The highest BCUT2D eigenvalue weighted by atomic mass is 16.3. The van der Waals surface area contributed by atoms with Gasteiger partial charge in [-0.1, -0.05) is 83.3 Å². The maximum absolute atomic E-state index is 11.6. The first-order valence-electron chi connectivity index (χ1n) is 10.6. The molecular weight excluding hydrogens is 342 g/mol. The Bertz CT molecular complexity index is 434. The SMILES string of the molecule is CCCCCCCCCCCCC/C=C/[C@@H](O)[C@@H](N)C(O)(C(C)=O)C(C)=O. The lowest BCUT2D eigenvalue weighted by Gasteiger charge is -2.31. The number of hydrogen-bond donors (Lipinski definition) is 3. The summed E-state index contributed by atoms with van der Waals surface area (Å²) in [5.41, 5.74) is 3.42. The molecule has 0 aliphatic carbocycles. The number of ketones is 2. The van der Waals surface area contributed by atoms with Gasteiger partial charge in [-0.25, -0.2) is 0 Å². The van der Waals surface area contributed by atoms with Crippen LogP contribution in [-0.4, -0.2) is 39.5 Å². The van der Waals surface area contributed by atoms with E-state index in [1.54, 1.807) is 6.08 Å². The van der Waals surface area contributed by atoms with Crippen molar-refractivity contribution in [2.75, 3.05) is 0 Å². The van der Waals surface area contributed by atoms with Gasteiger partial charge in [0.25, 0.3) is 0 Å². The lowest BCUT2D eigenvalue weighted by atomic mass is 9.83. The van der Waals surface area contributed by atoms with Gasteiger partial charge in [0.1, 0.15) is 0 Å². The summed E-state index contributed by atoms with van der Waals surface area (Å²) in [4.78, 5) is 23.1. The molecule has 0 aliphatic rings. The first-order valence-corrected chi connectivity index (χ1v) is 10.6. The molecule has 0 aliphatic heterocycles. The van der Waals surface area contributed by atoms with Crippen molar-refractivity contribution in [3.63, 3.8) is 0 Å². The summed E-state index contributed by atoms with van der Waals surface area (Å²) in [5.74, 6) is -1.50. The molecule has 0 fully saturated rings. The number of unbranched alkanes of at least 4 members (excludes halogenated alkanes) is 11. The number of nitrogens with two attached hydrogens (primary N) is 1. The van der Waals surface area contributed by atoms with E-state index in [0.717, 1.165) is 33.1 Å². The quantitative estimate of drug-likeness (QED) is 0.201. The predicted molar refractivity (Wildman–Crippen MR) is 111 cm³/mol. The second kappa shape index (κ2) is 14.9. The van der Waals surface area contributed by atoms with Crippen molar-refractivity contribution in [3.8, 4) is 0 Å². The van der Waals surface area contributed by atoms with Crippen molar-refractivity contribution in [3.05, 3.63) is 12.2 Å². The predicted octanol–water partition coefficient (Wildman–Crippen LogP) is 3.84. The van der Waals surface area contributed by atoms with Crippen LogP contribution in [0, 0.1) is 0 Å². The Morgan fingerprint density at radius 1 is 0.889 bits per heavy atom. The van der Waals surface area contributed by atoms with Gasteiger partial charge in [0, 0.05) is 0 Å². The molecule has 5 heteroatoms. The van der Waals surface area contributed by atoms with E-state index in [4.69, 9.17) is 5.73 Å². The molecule has 0 saturated carbocycles. The van der Waals surface area contributed by atoms with Crippen molar-refractivity contribution in [2.45, 2.75) is 116 Å². The van der Waals surface area contributed by atoms with E-state index in [1.165, 1.54) is 63.9 Å². The van der Waals surface area contributed by atoms with Crippen LogP contribution >= 0.6 is 0 Å². The minimum Gasteiger partial charge on any atom is -0.387 e. The van der Waals surface area contributed by atoms with Gasteiger partial charge in [0.2, 0.25) is 0 Å². The molecule has 0 bridgehead atoms. The van der Waals surface area contributed by atoms with E-state index in [-0.39, 0.29) is 0 Å². The van der Waals surface area contributed by atoms with Crippen LogP contribution in [0.2, 0.25) is 0 Å². The molecule has 0 unspecified atom stereocenters. The van der Waals surface area contributed by atoms with Crippen molar-refractivity contribution >= 4 is 11.6 Å². The van der Waals surface area contributed by atoms with Crippen LogP contribution in [0.3, 0.4) is 0 Å². The lowest BCUT2D eigenvalue weighted by molar-refractivity contribution is -0.152. The number of rotatable bonds is 17. The number of hydrogen-bond acceptors (Lipinski definition) is 5. The van der Waals surface area contributed by atoms with Crippen LogP contribution in [0.4, 0.5) is 0 Å². The summed E-state index contributed by atoms with van der Waals surface area (Å²) in [6.07, 6.45) is 16.9. The highest BCUT2D eigenvalue weighted by Crippen LogP contribution is 2.17. The zero-order valence-corrected chi connectivity index (χ0v) is 17.6. The van der Waals surface area contributed by atoms with Gasteiger partial charge in [0.15, 0.2) is 17.2 Å². The van der Waals surface area contributed by atoms with Crippen molar-refractivity contribution in [1.82, 2.24) is 0 Å². The Balaban J connectivity index is 3.87. The fourth-order valence-corrected chi connectivity index (χ4v) is 3.25. The van der Waals surface area contributed by atoms with Gasteiger partial charge in [-0.3, -0.25) is 9.59 Å². The summed E-state index contributed by atoms with van der Waals surface area (Å²) >= 11 is 0. The molecule has 4 N–H and O–H groups in total. The number of carbonyl (C=O) groups is 2. The maximum Gasteiger partial charge on any atom is 0.198 e. The maximum atomic E-state index is 11.6. The second-order valence-corrected chi connectivity index (χ2v) is 7.65. The molecule has 0 aromatic heterocycles. The molecule has 0 saturated heterocycles. The molecule has 0 radical (unpaired) electrons. The Hall–Kier alpha value is -1.04. The average molecular weight is 384 g/mol. The Labute approximate surface area is 165 Å². The van der Waals surface area contributed by atoms with Gasteiger partial charge in [0.05, 0.1) is 12.1 Å². The molecule has 0 spiro atoms. The van der Waals surface area contributed by atoms with Gasteiger partial charge >= 0.3 is 0 Å². The standard InChI is InChI=1S/C22H41NO4/c1-4-5-6-7-8-9-10-11-12-13-14-15-16-17-20(26)21(23)22(27,18(2)24)19(3)25/h16-17,20-21,26-27H,4-15,23H2,1-3H3/b17-16+/t20-,21-/m1/s1. The Morgan fingerprint density at radius 2 is 1.30 bits per heavy atom. The summed E-state index contributed by atoms with van der Waals surface area (Å²) in [6.45, 7) is 4.44. The molecule has 0 aromatic carbocycles. The van der Waals surface area contributed by atoms with Gasteiger partial charge in [-0.05, 0) is 26.7 Å². The molecule has 5 nitrogen and oxygen atoms in total. The minimum atomic E-state index is -2.33. The van der Waals surface area contributed by atoms with Crippen molar-refractivity contribution in [2.24, 2.45) is 5.73 Å². The summed E-state index contributed by atoms with van der Waals surface area (Å²) in [7, 11) is 0. The minimum absolute atomic E-state index is 0.750. The number of carbonyl (C=O) groups excluding carboxylic acids is 2. The molecule has 2 atom stereocenters. The van der Waals surface area contributed by atoms with Gasteiger partial charge in [-0.15, -0.1) is 0 Å². The third-order valence-corrected chi connectivity index (χ3v) is 5.23. The van der Waals surface area contributed by atoms with E-state index in [0.29, 0.717) is 0 Å². The number of aliphatic hydroxyl groups excluding tert-OH is 1. The molecule has 0 aromatic rings. The smallest absolute Gasteiger partial charge is 0.198 e.